The fourth-order valence-corrected chi connectivity index (χ4v) is 3.14. The van der Waals surface area contributed by atoms with Gasteiger partial charge >= 0.3 is 0 Å². The van der Waals surface area contributed by atoms with Crippen molar-refractivity contribution in [3.8, 4) is 11.4 Å². The Morgan fingerprint density at radius 3 is 2.84 bits per heavy atom. The van der Waals surface area contributed by atoms with Crippen molar-refractivity contribution in [1.29, 1.82) is 0 Å². The molecule has 8 nitrogen and oxygen atoms in total. The third kappa shape index (κ3) is 3.60. The van der Waals surface area contributed by atoms with Crippen molar-refractivity contribution in [3.05, 3.63) is 30.4 Å². The third-order valence-electron chi connectivity index (χ3n) is 3.69. The molecule has 3 aromatic heterocycles. The summed E-state index contributed by atoms with van der Waals surface area (Å²) in [5.41, 5.74) is 0.895. The Morgan fingerprint density at radius 1 is 1.36 bits per heavy atom. The molecule has 1 N–H and O–H groups in total. The summed E-state index contributed by atoms with van der Waals surface area (Å²) >= 11 is 1.33. The average Bonchev–Trinajstić information content (AvgIpc) is 3.26. The van der Waals surface area contributed by atoms with Gasteiger partial charge in [-0.25, -0.2) is 4.68 Å². The van der Waals surface area contributed by atoms with Gasteiger partial charge in [-0.2, -0.15) is 5.10 Å². The molecule has 0 atom stereocenters. The molecule has 0 saturated carbocycles. The second-order valence-electron chi connectivity index (χ2n) is 5.85. The molecule has 0 aromatic carbocycles. The number of thioether (sulfide) groups is 1. The molecular formula is C16H20N6O2S. The summed E-state index contributed by atoms with van der Waals surface area (Å²) < 4.78 is 8.93. The van der Waals surface area contributed by atoms with Gasteiger partial charge in [0.2, 0.25) is 5.91 Å². The summed E-state index contributed by atoms with van der Waals surface area (Å²) in [4.78, 5) is 12.2. The van der Waals surface area contributed by atoms with Crippen LogP contribution in [-0.4, -0.2) is 36.2 Å². The number of amides is 1. The number of aryl methyl sites for hydroxylation is 1. The summed E-state index contributed by atoms with van der Waals surface area (Å²) in [6.07, 6.45) is 3.29. The molecular weight excluding hydrogens is 340 g/mol. The van der Waals surface area contributed by atoms with Gasteiger partial charge < -0.3 is 14.3 Å². The first-order valence-electron chi connectivity index (χ1n) is 7.87. The Morgan fingerprint density at radius 2 is 2.16 bits per heavy atom. The first-order chi connectivity index (χ1) is 12.0. The summed E-state index contributed by atoms with van der Waals surface area (Å²) in [5.74, 6) is 2.31. The van der Waals surface area contributed by atoms with Gasteiger partial charge in [0.25, 0.3) is 0 Å². The van der Waals surface area contributed by atoms with Crippen molar-refractivity contribution in [2.75, 3.05) is 11.1 Å². The summed E-state index contributed by atoms with van der Waals surface area (Å²) in [7, 11) is 1.87. The number of nitrogens with one attached hydrogen (secondary N) is 1. The molecule has 25 heavy (non-hydrogen) atoms. The zero-order chi connectivity index (χ0) is 18.0. The number of nitrogens with zero attached hydrogens (tertiary/aromatic N) is 5. The largest absolute Gasteiger partial charge is 0.469 e. The van der Waals surface area contributed by atoms with Crippen LogP contribution in [0.3, 0.4) is 0 Å². The van der Waals surface area contributed by atoms with Gasteiger partial charge in [0.15, 0.2) is 11.0 Å². The maximum Gasteiger partial charge on any atom is 0.235 e. The first-order valence-corrected chi connectivity index (χ1v) is 8.86. The third-order valence-corrected chi connectivity index (χ3v) is 4.71. The van der Waals surface area contributed by atoms with Crippen molar-refractivity contribution in [1.82, 2.24) is 24.5 Å². The van der Waals surface area contributed by atoms with Gasteiger partial charge in [-0.15, -0.1) is 10.2 Å². The molecule has 0 aliphatic rings. The standard InChI is InChI=1S/C16H20N6O2S/c1-10(2)22-13(5-7-17-22)18-14(23)9-25-16-20-19-15(21(16)4)12-6-8-24-11(12)3/h5-8,10H,9H2,1-4H3,(H,18,23). The maximum atomic E-state index is 12.2. The van der Waals surface area contributed by atoms with Crippen molar-refractivity contribution >= 4 is 23.5 Å². The lowest BCUT2D eigenvalue weighted by Gasteiger charge is -2.11. The molecule has 0 radical (unpaired) electrons. The van der Waals surface area contributed by atoms with Crippen LogP contribution < -0.4 is 5.32 Å². The van der Waals surface area contributed by atoms with Crippen LogP contribution in [-0.2, 0) is 11.8 Å². The number of anilines is 1. The fourth-order valence-electron chi connectivity index (χ4n) is 2.43. The van der Waals surface area contributed by atoms with Gasteiger partial charge in [-0.05, 0) is 26.8 Å². The highest BCUT2D eigenvalue weighted by molar-refractivity contribution is 7.99. The Labute approximate surface area is 149 Å². The van der Waals surface area contributed by atoms with Crippen LogP contribution in [0.4, 0.5) is 5.82 Å². The van der Waals surface area contributed by atoms with E-state index < -0.39 is 0 Å². The van der Waals surface area contributed by atoms with E-state index in [0.29, 0.717) is 16.8 Å². The minimum absolute atomic E-state index is 0.114. The van der Waals surface area contributed by atoms with E-state index in [1.165, 1.54) is 11.8 Å². The van der Waals surface area contributed by atoms with E-state index in [1.807, 2.05) is 38.5 Å². The van der Waals surface area contributed by atoms with Gasteiger partial charge in [0, 0.05) is 19.2 Å². The smallest absolute Gasteiger partial charge is 0.235 e. The molecule has 0 saturated heterocycles. The highest BCUT2D eigenvalue weighted by Crippen LogP contribution is 2.25. The van der Waals surface area contributed by atoms with Gasteiger partial charge in [-0.1, -0.05) is 11.8 Å². The molecule has 0 fully saturated rings. The van der Waals surface area contributed by atoms with E-state index in [1.54, 1.807) is 23.2 Å². The van der Waals surface area contributed by atoms with Crippen LogP contribution in [0, 0.1) is 6.92 Å². The van der Waals surface area contributed by atoms with Crippen LogP contribution in [0.15, 0.2) is 34.2 Å². The van der Waals surface area contributed by atoms with Gasteiger partial charge in [0.1, 0.15) is 11.6 Å². The summed E-state index contributed by atoms with van der Waals surface area (Å²) in [6, 6.07) is 3.82. The topological polar surface area (TPSA) is 90.8 Å². The van der Waals surface area contributed by atoms with Crippen molar-refractivity contribution in [2.24, 2.45) is 7.05 Å². The molecule has 1 amide bonds. The molecule has 0 spiro atoms. The van der Waals surface area contributed by atoms with Crippen molar-refractivity contribution in [3.63, 3.8) is 0 Å². The first kappa shape index (κ1) is 17.3. The molecule has 0 aliphatic carbocycles. The normalized spacial score (nSPS) is 11.2. The minimum Gasteiger partial charge on any atom is -0.469 e. The van der Waals surface area contributed by atoms with Crippen LogP contribution in [0.1, 0.15) is 25.6 Å². The molecule has 0 unspecified atom stereocenters. The highest BCUT2D eigenvalue weighted by Gasteiger charge is 2.16. The van der Waals surface area contributed by atoms with E-state index in [9.17, 15) is 4.79 Å². The SMILES string of the molecule is Cc1occc1-c1nnc(SCC(=O)Nc2ccnn2C(C)C)n1C. The number of carbonyl (C=O) groups excluding carboxylic acids is 1. The van der Waals surface area contributed by atoms with E-state index in [0.717, 1.165) is 11.3 Å². The summed E-state index contributed by atoms with van der Waals surface area (Å²) in [6.45, 7) is 5.90. The molecule has 3 heterocycles. The molecule has 3 aromatic rings. The number of furan rings is 1. The molecule has 0 aliphatic heterocycles. The lowest BCUT2D eigenvalue weighted by molar-refractivity contribution is -0.113. The zero-order valence-electron chi connectivity index (χ0n) is 14.6. The number of carbonyl (C=O) groups is 1. The Hall–Kier alpha value is -2.55. The second-order valence-corrected chi connectivity index (χ2v) is 6.79. The van der Waals surface area contributed by atoms with Crippen molar-refractivity contribution in [2.45, 2.75) is 32.0 Å². The molecule has 3 rings (SSSR count). The Bertz CT molecular complexity index is 879. The Balaban J connectivity index is 1.64. The minimum atomic E-state index is -0.114. The number of hydrogen-bond donors (Lipinski definition) is 1. The lowest BCUT2D eigenvalue weighted by Crippen LogP contribution is -2.18. The molecule has 0 bridgehead atoms. The van der Waals surface area contributed by atoms with Gasteiger partial charge in [-0.3, -0.25) is 4.79 Å². The highest BCUT2D eigenvalue weighted by atomic mass is 32.2. The average molecular weight is 360 g/mol. The maximum absolute atomic E-state index is 12.2. The van der Waals surface area contributed by atoms with Gasteiger partial charge in [0.05, 0.1) is 23.8 Å². The van der Waals surface area contributed by atoms with E-state index >= 15 is 0 Å². The van der Waals surface area contributed by atoms with E-state index in [-0.39, 0.29) is 17.7 Å². The summed E-state index contributed by atoms with van der Waals surface area (Å²) in [5, 5.41) is 16.1. The van der Waals surface area contributed by atoms with Crippen LogP contribution in [0.25, 0.3) is 11.4 Å². The number of hydrogen-bond acceptors (Lipinski definition) is 6. The predicted octanol–water partition coefficient (Wildman–Crippen LogP) is 2.89. The van der Waals surface area contributed by atoms with E-state index in [4.69, 9.17) is 4.42 Å². The quantitative estimate of drug-likeness (QED) is 0.680. The van der Waals surface area contributed by atoms with Crippen LogP contribution >= 0.6 is 11.8 Å². The molecule has 9 heteroatoms. The number of aromatic nitrogens is 5. The monoisotopic (exact) mass is 360 g/mol. The van der Waals surface area contributed by atoms with Crippen LogP contribution in [0.2, 0.25) is 0 Å². The second kappa shape index (κ2) is 7.14. The zero-order valence-corrected chi connectivity index (χ0v) is 15.4. The Kier molecular flexibility index (Phi) is 4.93. The van der Waals surface area contributed by atoms with Crippen LogP contribution in [0.5, 0.6) is 0 Å². The van der Waals surface area contributed by atoms with Crippen molar-refractivity contribution < 1.29 is 9.21 Å². The van der Waals surface area contributed by atoms with E-state index in [2.05, 4.69) is 20.6 Å². The number of rotatable bonds is 6. The molecule has 132 valence electrons. The fraction of sp³-hybridized carbons (Fsp3) is 0.375. The lowest BCUT2D eigenvalue weighted by atomic mass is 10.2. The predicted molar refractivity (Wildman–Crippen MR) is 95.4 cm³/mol.